The number of nitrogens with one attached hydrogen (secondary N) is 2. The quantitative estimate of drug-likeness (QED) is 0.786. The predicted molar refractivity (Wildman–Crippen MR) is 76.2 cm³/mol. The highest BCUT2D eigenvalue weighted by molar-refractivity contribution is 7.99. The summed E-state index contributed by atoms with van der Waals surface area (Å²) in [6.07, 6.45) is 4.97. The van der Waals surface area contributed by atoms with Crippen LogP contribution in [-0.2, 0) is 4.79 Å². The summed E-state index contributed by atoms with van der Waals surface area (Å²) in [6, 6.07) is 0. The number of aromatic amines is 1. The van der Waals surface area contributed by atoms with Crippen molar-refractivity contribution in [2.75, 3.05) is 12.3 Å². The van der Waals surface area contributed by atoms with Gasteiger partial charge in [0.15, 0.2) is 0 Å². The number of thioether (sulfide) groups is 1. The van der Waals surface area contributed by atoms with E-state index in [-0.39, 0.29) is 5.91 Å². The highest BCUT2D eigenvalue weighted by Gasteiger charge is 2.20. The molecule has 0 aliphatic heterocycles. The van der Waals surface area contributed by atoms with Crippen LogP contribution in [0, 0.1) is 5.92 Å². The summed E-state index contributed by atoms with van der Waals surface area (Å²) in [4.78, 5) is 16.1. The Morgan fingerprint density at radius 2 is 2.21 bits per heavy atom. The summed E-state index contributed by atoms with van der Waals surface area (Å²) in [6.45, 7) is 4.88. The second-order valence-corrected chi connectivity index (χ2v) is 6.41. The summed E-state index contributed by atoms with van der Waals surface area (Å²) in [7, 11) is 0. The Morgan fingerprint density at radius 3 is 2.89 bits per heavy atom. The lowest BCUT2D eigenvalue weighted by atomic mass is 10.1. The molecule has 1 amide bonds. The number of nitrogens with zero attached hydrogens (tertiary/aromatic N) is 2. The molecule has 1 saturated carbocycles. The van der Waals surface area contributed by atoms with Crippen molar-refractivity contribution in [1.29, 1.82) is 0 Å². The van der Waals surface area contributed by atoms with Gasteiger partial charge in [0.1, 0.15) is 5.82 Å². The van der Waals surface area contributed by atoms with Crippen molar-refractivity contribution < 1.29 is 4.79 Å². The van der Waals surface area contributed by atoms with E-state index in [4.69, 9.17) is 0 Å². The van der Waals surface area contributed by atoms with Crippen molar-refractivity contribution in [3.63, 3.8) is 0 Å². The molecule has 0 bridgehead atoms. The van der Waals surface area contributed by atoms with Crippen LogP contribution in [-0.4, -0.2) is 33.4 Å². The maximum atomic E-state index is 11.6. The predicted octanol–water partition coefficient (Wildman–Crippen LogP) is 2.33. The first-order valence-electron chi connectivity index (χ1n) is 6.97. The molecule has 0 atom stereocenters. The molecule has 1 aliphatic rings. The first kappa shape index (κ1) is 14.4. The summed E-state index contributed by atoms with van der Waals surface area (Å²) >= 11 is 1.39. The third-order valence-corrected chi connectivity index (χ3v) is 4.11. The van der Waals surface area contributed by atoms with Gasteiger partial charge in [0, 0.05) is 12.5 Å². The third kappa shape index (κ3) is 4.53. The molecule has 5 nitrogen and oxygen atoms in total. The van der Waals surface area contributed by atoms with Gasteiger partial charge < -0.3 is 5.32 Å². The lowest BCUT2D eigenvalue weighted by molar-refractivity contribution is -0.118. The van der Waals surface area contributed by atoms with E-state index in [0.717, 1.165) is 12.4 Å². The van der Waals surface area contributed by atoms with E-state index < -0.39 is 0 Å². The molecule has 106 valence electrons. The van der Waals surface area contributed by atoms with Gasteiger partial charge in [0.05, 0.1) is 5.75 Å². The van der Waals surface area contributed by atoms with Crippen LogP contribution < -0.4 is 5.32 Å². The molecular weight excluding hydrogens is 260 g/mol. The molecular formula is C13H22N4OS. The molecule has 2 N–H and O–H groups in total. The van der Waals surface area contributed by atoms with Crippen LogP contribution in [0.1, 0.15) is 51.3 Å². The number of amides is 1. The zero-order chi connectivity index (χ0) is 13.7. The topological polar surface area (TPSA) is 70.7 Å². The zero-order valence-corrected chi connectivity index (χ0v) is 12.4. The van der Waals surface area contributed by atoms with Crippen molar-refractivity contribution in [2.24, 2.45) is 5.92 Å². The Labute approximate surface area is 118 Å². The first-order valence-corrected chi connectivity index (χ1v) is 7.95. The number of aromatic nitrogens is 3. The van der Waals surface area contributed by atoms with Crippen LogP contribution in [0.15, 0.2) is 5.16 Å². The normalized spacial score (nSPS) is 16.2. The van der Waals surface area contributed by atoms with Gasteiger partial charge in [0.2, 0.25) is 11.1 Å². The summed E-state index contributed by atoms with van der Waals surface area (Å²) in [5.41, 5.74) is 0. The van der Waals surface area contributed by atoms with Gasteiger partial charge in [0.25, 0.3) is 0 Å². The van der Waals surface area contributed by atoms with Crippen LogP contribution in [0.25, 0.3) is 0 Å². The monoisotopic (exact) mass is 282 g/mol. The Kier molecular flexibility index (Phi) is 5.24. The molecule has 1 aliphatic carbocycles. The standard InChI is InChI=1S/C13H22N4OS/c1-9(2)7-14-11(18)8-19-13-15-12(16-17-13)10-5-3-4-6-10/h9-10H,3-8H2,1-2H3,(H,14,18)(H,15,16,17). The van der Waals surface area contributed by atoms with Crippen LogP contribution in [0.2, 0.25) is 0 Å². The van der Waals surface area contributed by atoms with Crippen molar-refractivity contribution in [3.05, 3.63) is 5.82 Å². The first-order chi connectivity index (χ1) is 9.15. The van der Waals surface area contributed by atoms with Gasteiger partial charge in [-0.05, 0) is 18.8 Å². The molecule has 0 saturated heterocycles. The number of H-pyrrole nitrogens is 1. The highest BCUT2D eigenvalue weighted by Crippen LogP contribution is 2.32. The van der Waals surface area contributed by atoms with Gasteiger partial charge in [-0.1, -0.05) is 38.5 Å². The smallest absolute Gasteiger partial charge is 0.230 e. The molecule has 0 aromatic carbocycles. The lowest BCUT2D eigenvalue weighted by Crippen LogP contribution is -2.28. The molecule has 6 heteroatoms. The van der Waals surface area contributed by atoms with E-state index in [1.807, 2.05) is 0 Å². The Balaban J connectivity index is 1.75. The Hall–Kier alpha value is -1.04. The number of hydrogen-bond donors (Lipinski definition) is 2. The summed E-state index contributed by atoms with van der Waals surface area (Å²) in [5, 5.41) is 10.8. The maximum Gasteiger partial charge on any atom is 0.230 e. The van der Waals surface area contributed by atoms with E-state index in [2.05, 4.69) is 34.3 Å². The minimum absolute atomic E-state index is 0.0471. The van der Waals surface area contributed by atoms with Crippen molar-refractivity contribution >= 4 is 17.7 Å². The highest BCUT2D eigenvalue weighted by atomic mass is 32.2. The molecule has 1 aromatic heterocycles. The van der Waals surface area contributed by atoms with Gasteiger partial charge in [-0.15, -0.1) is 5.10 Å². The summed E-state index contributed by atoms with van der Waals surface area (Å²) < 4.78 is 0. The fraction of sp³-hybridized carbons (Fsp3) is 0.769. The van der Waals surface area contributed by atoms with E-state index >= 15 is 0 Å². The number of hydrogen-bond acceptors (Lipinski definition) is 4. The summed E-state index contributed by atoms with van der Waals surface area (Å²) in [5.74, 6) is 2.44. The average Bonchev–Trinajstić information content (AvgIpc) is 3.03. The molecule has 0 radical (unpaired) electrons. The Morgan fingerprint density at radius 1 is 1.47 bits per heavy atom. The van der Waals surface area contributed by atoms with E-state index in [1.165, 1.54) is 37.4 Å². The lowest BCUT2D eigenvalue weighted by Gasteiger charge is -2.06. The molecule has 0 spiro atoms. The number of carbonyl (C=O) groups is 1. The van der Waals surface area contributed by atoms with Crippen molar-refractivity contribution in [3.8, 4) is 0 Å². The van der Waals surface area contributed by atoms with Crippen molar-refractivity contribution in [1.82, 2.24) is 20.5 Å². The van der Waals surface area contributed by atoms with Crippen LogP contribution in [0.3, 0.4) is 0 Å². The molecule has 1 heterocycles. The second kappa shape index (κ2) is 6.93. The minimum Gasteiger partial charge on any atom is -0.355 e. The van der Waals surface area contributed by atoms with E-state index in [0.29, 0.717) is 22.7 Å². The van der Waals surface area contributed by atoms with Gasteiger partial charge in [-0.2, -0.15) is 0 Å². The molecule has 1 fully saturated rings. The minimum atomic E-state index is 0.0471. The number of rotatable bonds is 6. The SMILES string of the molecule is CC(C)CNC(=O)CSc1n[nH]c(C2CCCC2)n1. The van der Waals surface area contributed by atoms with Crippen LogP contribution in [0.5, 0.6) is 0 Å². The molecule has 1 aromatic rings. The van der Waals surface area contributed by atoms with Crippen LogP contribution >= 0.6 is 11.8 Å². The maximum absolute atomic E-state index is 11.6. The Bertz CT molecular complexity index is 413. The fourth-order valence-electron chi connectivity index (χ4n) is 2.20. The second-order valence-electron chi connectivity index (χ2n) is 5.47. The largest absolute Gasteiger partial charge is 0.355 e. The fourth-order valence-corrected chi connectivity index (χ4v) is 2.84. The van der Waals surface area contributed by atoms with Gasteiger partial charge in [-0.3, -0.25) is 9.89 Å². The number of carbonyl (C=O) groups excluding carboxylic acids is 1. The van der Waals surface area contributed by atoms with Gasteiger partial charge in [-0.25, -0.2) is 4.98 Å². The van der Waals surface area contributed by atoms with Gasteiger partial charge >= 0.3 is 0 Å². The zero-order valence-electron chi connectivity index (χ0n) is 11.6. The van der Waals surface area contributed by atoms with E-state index in [9.17, 15) is 4.79 Å². The average molecular weight is 282 g/mol. The van der Waals surface area contributed by atoms with Crippen LogP contribution in [0.4, 0.5) is 0 Å². The molecule has 0 unspecified atom stereocenters. The molecule has 19 heavy (non-hydrogen) atoms. The van der Waals surface area contributed by atoms with Crippen molar-refractivity contribution in [2.45, 2.75) is 50.6 Å². The molecule has 2 rings (SSSR count). The third-order valence-electron chi connectivity index (χ3n) is 3.26. The van der Waals surface area contributed by atoms with E-state index in [1.54, 1.807) is 0 Å².